The van der Waals surface area contributed by atoms with Gasteiger partial charge in [0.2, 0.25) is 0 Å². The minimum Gasteiger partial charge on any atom is -0.310 e. The van der Waals surface area contributed by atoms with Gasteiger partial charge in [-0.1, -0.05) is 84.9 Å². The molecule has 7 aromatic carbocycles. The Hall–Kier alpha value is -6.96. The van der Waals surface area contributed by atoms with Gasteiger partial charge < -0.3 is 9.80 Å². The Morgan fingerprint density at radius 2 is 1.15 bits per heavy atom. The highest BCUT2D eigenvalue weighted by atomic mass is 15.1. The number of nitriles is 1. The minimum absolute atomic E-state index is 0.0353. The lowest BCUT2D eigenvalue weighted by molar-refractivity contribution is 0.853. The van der Waals surface area contributed by atoms with Gasteiger partial charge in [-0.3, -0.25) is 4.98 Å². The molecule has 1 heterocycles. The fourth-order valence-corrected chi connectivity index (χ4v) is 8.37. The number of pyridine rings is 1. The van der Waals surface area contributed by atoms with E-state index in [9.17, 15) is 5.26 Å². The summed E-state index contributed by atoms with van der Waals surface area (Å²) in [4.78, 5) is 9.03. The van der Waals surface area contributed by atoms with Crippen molar-refractivity contribution in [2.45, 2.75) is 18.3 Å². The summed E-state index contributed by atoms with van der Waals surface area (Å²) < 4.78 is 0. The molecule has 0 bridgehead atoms. The van der Waals surface area contributed by atoms with Gasteiger partial charge in [-0.25, -0.2) is 0 Å². The molecule has 1 fully saturated rings. The van der Waals surface area contributed by atoms with Crippen LogP contribution < -0.4 is 9.80 Å². The second-order valence-electron chi connectivity index (χ2n) is 14.0. The first kappa shape index (κ1) is 30.8. The summed E-state index contributed by atoms with van der Waals surface area (Å²) in [7, 11) is 0. The third kappa shape index (κ3) is 5.09. The summed E-state index contributed by atoms with van der Waals surface area (Å²) in [5, 5.41) is 12.1. The number of rotatable bonds is 7. The van der Waals surface area contributed by atoms with E-state index in [4.69, 9.17) is 0 Å². The Kier molecular flexibility index (Phi) is 7.19. The van der Waals surface area contributed by atoms with E-state index in [1.807, 2.05) is 42.7 Å². The van der Waals surface area contributed by atoms with Crippen LogP contribution in [0.5, 0.6) is 0 Å². The van der Waals surface area contributed by atoms with E-state index < -0.39 is 0 Å². The lowest BCUT2D eigenvalue weighted by atomic mass is 9.74. The minimum atomic E-state index is -0.0353. The zero-order valence-electron chi connectivity index (χ0n) is 29.0. The van der Waals surface area contributed by atoms with E-state index >= 15 is 0 Å². The molecule has 0 radical (unpaired) electrons. The van der Waals surface area contributed by atoms with Gasteiger partial charge in [0.25, 0.3) is 0 Å². The smallest absolute Gasteiger partial charge is 0.0991 e. The van der Waals surface area contributed by atoms with Gasteiger partial charge in [0.1, 0.15) is 0 Å². The lowest BCUT2D eigenvalue weighted by Gasteiger charge is -2.34. The summed E-state index contributed by atoms with van der Waals surface area (Å²) in [5.74, 6) is 0. The van der Waals surface area contributed by atoms with Crippen molar-refractivity contribution < 1.29 is 0 Å². The van der Waals surface area contributed by atoms with Crippen molar-refractivity contribution in [2.75, 3.05) is 9.80 Å². The van der Waals surface area contributed by atoms with Crippen molar-refractivity contribution in [2.24, 2.45) is 0 Å². The van der Waals surface area contributed by atoms with Crippen molar-refractivity contribution in [1.82, 2.24) is 4.98 Å². The number of fused-ring (bicyclic) bond motifs is 4. The number of hydrogen-bond donors (Lipinski definition) is 0. The standard InChI is InChI=1S/C49H34N4/c50-32-34-16-20-39(21-17-34)52(37-10-3-1-4-11-37)41-24-25-42-43-26-27-47(44-14-7-15-45(48(43)44)49(28-29-49)46(42)31-41)53(38-12-5-2-6-13-38)40-22-18-35(19-23-40)36-9-8-30-51-33-36/h1-27,30-31,33H,28-29H2. The molecule has 10 rings (SSSR count). The Bertz CT molecular complexity index is 2660. The largest absolute Gasteiger partial charge is 0.310 e. The van der Waals surface area contributed by atoms with Crippen LogP contribution in [0, 0.1) is 11.3 Å². The van der Waals surface area contributed by atoms with E-state index in [0.717, 1.165) is 58.1 Å². The van der Waals surface area contributed by atoms with E-state index in [2.05, 4.69) is 160 Å². The van der Waals surface area contributed by atoms with Crippen LogP contribution in [0.15, 0.2) is 182 Å². The summed E-state index contributed by atoms with van der Waals surface area (Å²) in [6.45, 7) is 0. The molecule has 0 N–H and O–H groups in total. The number of nitrogens with zero attached hydrogens (tertiary/aromatic N) is 4. The maximum Gasteiger partial charge on any atom is 0.0991 e. The van der Waals surface area contributed by atoms with Crippen LogP contribution in [0.1, 0.15) is 29.5 Å². The van der Waals surface area contributed by atoms with E-state index in [1.165, 1.54) is 33.0 Å². The molecule has 4 nitrogen and oxygen atoms in total. The highest BCUT2D eigenvalue weighted by Gasteiger charge is 2.50. The maximum atomic E-state index is 9.49. The third-order valence-electron chi connectivity index (χ3n) is 11.0. The number of benzene rings is 7. The third-order valence-corrected chi connectivity index (χ3v) is 11.0. The van der Waals surface area contributed by atoms with Crippen molar-refractivity contribution in [3.8, 4) is 28.3 Å². The van der Waals surface area contributed by atoms with Crippen LogP contribution >= 0.6 is 0 Å². The Labute approximate surface area is 309 Å². The van der Waals surface area contributed by atoms with Gasteiger partial charge in [-0.2, -0.15) is 5.26 Å². The highest BCUT2D eigenvalue weighted by molar-refractivity contribution is 6.11. The van der Waals surface area contributed by atoms with Crippen molar-refractivity contribution >= 4 is 44.9 Å². The fourth-order valence-electron chi connectivity index (χ4n) is 8.37. The van der Waals surface area contributed by atoms with E-state index in [0.29, 0.717) is 5.56 Å². The Morgan fingerprint density at radius 1 is 0.509 bits per heavy atom. The molecule has 0 aliphatic heterocycles. The lowest BCUT2D eigenvalue weighted by Crippen LogP contribution is -2.18. The molecule has 2 aliphatic carbocycles. The monoisotopic (exact) mass is 678 g/mol. The SMILES string of the molecule is N#Cc1ccc(N(c2ccccc2)c2ccc3c(c2)C2(CC2)c2cccc4c(N(c5ccccc5)c5ccc(-c6cccnc6)cc5)ccc-3c24)cc1. The van der Waals surface area contributed by atoms with Crippen molar-refractivity contribution in [3.63, 3.8) is 0 Å². The fraction of sp³-hybridized carbons (Fsp3) is 0.0612. The average Bonchev–Trinajstić information content (AvgIpc) is 4.04. The Balaban J connectivity index is 1.13. The van der Waals surface area contributed by atoms with Gasteiger partial charge >= 0.3 is 0 Å². The quantitative estimate of drug-likeness (QED) is 0.168. The molecule has 0 atom stereocenters. The van der Waals surface area contributed by atoms with Crippen LogP contribution in [-0.4, -0.2) is 4.98 Å². The molecule has 8 aromatic rings. The predicted molar refractivity (Wildman–Crippen MR) is 217 cm³/mol. The first-order chi connectivity index (χ1) is 26.2. The molecular formula is C49H34N4. The summed E-state index contributed by atoms with van der Waals surface area (Å²) in [6, 6.07) is 62.8. The molecular weight excluding hydrogens is 645 g/mol. The first-order valence-corrected chi connectivity index (χ1v) is 18.1. The number of para-hydroxylation sites is 2. The van der Waals surface area contributed by atoms with E-state index in [-0.39, 0.29) is 5.41 Å². The second-order valence-corrected chi connectivity index (χ2v) is 14.0. The van der Waals surface area contributed by atoms with Gasteiger partial charge in [-0.05, 0) is 137 Å². The molecule has 0 amide bonds. The second kappa shape index (κ2) is 12.4. The summed E-state index contributed by atoms with van der Waals surface area (Å²) in [5.41, 5.74) is 14.9. The number of hydrogen-bond acceptors (Lipinski definition) is 4. The molecule has 4 heteroatoms. The van der Waals surface area contributed by atoms with Crippen LogP contribution in [0.2, 0.25) is 0 Å². The average molecular weight is 679 g/mol. The number of aromatic nitrogens is 1. The molecule has 250 valence electrons. The van der Waals surface area contributed by atoms with Crippen molar-refractivity contribution in [1.29, 1.82) is 5.26 Å². The molecule has 1 spiro atoms. The van der Waals surface area contributed by atoms with Crippen molar-refractivity contribution in [3.05, 3.63) is 199 Å². The summed E-state index contributed by atoms with van der Waals surface area (Å²) in [6.07, 6.45) is 5.96. The van der Waals surface area contributed by atoms with E-state index in [1.54, 1.807) is 0 Å². The first-order valence-electron chi connectivity index (χ1n) is 18.1. The van der Waals surface area contributed by atoms with Gasteiger partial charge in [0, 0.05) is 51.6 Å². The normalized spacial score (nSPS) is 13.3. The van der Waals surface area contributed by atoms with Crippen LogP contribution in [0.25, 0.3) is 33.0 Å². The molecule has 0 unspecified atom stereocenters. The molecule has 53 heavy (non-hydrogen) atoms. The Morgan fingerprint density at radius 3 is 1.83 bits per heavy atom. The predicted octanol–water partition coefficient (Wildman–Crippen LogP) is 12.8. The number of anilines is 6. The van der Waals surface area contributed by atoms with Crippen LogP contribution in [0.4, 0.5) is 34.1 Å². The van der Waals surface area contributed by atoms with Crippen LogP contribution in [-0.2, 0) is 5.41 Å². The molecule has 2 aliphatic rings. The van der Waals surface area contributed by atoms with Crippen LogP contribution in [0.3, 0.4) is 0 Å². The van der Waals surface area contributed by atoms with Gasteiger partial charge in [-0.15, -0.1) is 0 Å². The molecule has 1 aromatic heterocycles. The highest BCUT2D eigenvalue weighted by Crippen LogP contribution is 2.62. The maximum absolute atomic E-state index is 9.49. The molecule has 1 saturated carbocycles. The summed E-state index contributed by atoms with van der Waals surface area (Å²) >= 11 is 0. The van der Waals surface area contributed by atoms with Gasteiger partial charge in [0.15, 0.2) is 0 Å². The molecule has 0 saturated heterocycles. The zero-order chi connectivity index (χ0) is 35.4. The van der Waals surface area contributed by atoms with Gasteiger partial charge in [0.05, 0.1) is 17.3 Å². The zero-order valence-corrected chi connectivity index (χ0v) is 29.0. The topological polar surface area (TPSA) is 43.2 Å².